The first-order chi connectivity index (χ1) is 6.78. The summed E-state index contributed by atoms with van der Waals surface area (Å²) in [5.74, 6) is 0.705. The SMILES string of the molecule is Cc1cnc(CN2CCC(CN)C2)s1. The molecule has 0 aliphatic carbocycles. The second-order valence-corrected chi connectivity index (χ2v) is 5.31. The van der Waals surface area contributed by atoms with Gasteiger partial charge in [-0.2, -0.15) is 0 Å². The van der Waals surface area contributed by atoms with E-state index in [0.717, 1.165) is 19.6 Å². The number of nitrogens with zero attached hydrogens (tertiary/aromatic N) is 2. The first-order valence-corrected chi connectivity index (χ1v) is 5.93. The Hall–Kier alpha value is -0.450. The van der Waals surface area contributed by atoms with E-state index < -0.39 is 0 Å². The number of rotatable bonds is 3. The molecule has 78 valence electrons. The van der Waals surface area contributed by atoms with Crippen molar-refractivity contribution in [3.05, 3.63) is 16.1 Å². The van der Waals surface area contributed by atoms with Crippen LogP contribution >= 0.6 is 11.3 Å². The number of thiazole rings is 1. The molecular formula is C10H17N3S. The average Bonchev–Trinajstić information content (AvgIpc) is 2.76. The van der Waals surface area contributed by atoms with Crippen molar-refractivity contribution in [2.45, 2.75) is 19.9 Å². The van der Waals surface area contributed by atoms with E-state index in [-0.39, 0.29) is 0 Å². The van der Waals surface area contributed by atoms with E-state index >= 15 is 0 Å². The van der Waals surface area contributed by atoms with Crippen molar-refractivity contribution < 1.29 is 0 Å². The number of likely N-dealkylation sites (tertiary alicyclic amines) is 1. The summed E-state index contributed by atoms with van der Waals surface area (Å²) in [5.41, 5.74) is 5.65. The molecule has 1 aromatic heterocycles. The van der Waals surface area contributed by atoms with E-state index in [2.05, 4.69) is 16.8 Å². The lowest BCUT2D eigenvalue weighted by Gasteiger charge is -2.13. The minimum absolute atomic E-state index is 0.705. The fraction of sp³-hybridized carbons (Fsp3) is 0.700. The van der Waals surface area contributed by atoms with Gasteiger partial charge >= 0.3 is 0 Å². The second-order valence-electron chi connectivity index (χ2n) is 3.99. The van der Waals surface area contributed by atoms with Crippen molar-refractivity contribution in [3.63, 3.8) is 0 Å². The van der Waals surface area contributed by atoms with Gasteiger partial charge in [0.25, 0.3) is 0 Å². The summed E-state index contributed by atoms with van der Waals surface area (Å²) in [7, 11) is 0. The fourth-order valence-corrected chi connectivity index (χ4v) is 2.74. The smallest absolute Gasteiger partial charge is 0.107 e. The van der Waals surface area contributed by atoms with E-state index in [1.807, 2.05) is 6.20 Å². The van der Waals surface area contributed by atoms with Crippen LogP contribution in [0.4, 0.5) is 0 Å². The van der Waals surface area contributed by atoms with Crippen LogP contribution in [-0.2, 0) is 6.54 Å². The summed E-state index contributed by atoms with van der Waals surface area (Å²) in [6, 6.07) is 0. The molecule has 0 aromatic carbocycles. The Bertz CT molecular complexity index is 297. The zero-order chi connectivity index (χ0) is 9.97. The highest BCUT2D eigenvalue weighted by Gasteiger charge is 2.21. The lowest BCUT2D eigenvalue weighted by Crippen LogP contribution is -2.22. The number of hydrogen-bond acceptors (Lipinski definition) is 4. The Kier molecular flexibility index (Phi) is 3.15. The van der Waals surface area contributed by atoms with Crippen LogP contribution in [0.5, 0.6) is 0 Å². The number of nitrogens with two attached hydrogens (primary N) is 1. The van der Waals surface area contributed by atoms with Crippen molar-refractivity contribution in [1.82, 2.24) is 9.88 Å². The molecule has 1 saturated heterocycles. The van der Waals surface area contributed by atoms with E-state index in [4.69, 9.17) is 5.73 Å². The first-order valence-electron chi connectivity index (χ1n) is 5.11. The largest absolute Gasteiger partial charge is 0.330 e. The van der Waals surface area contributed by atoms with E-state index in [1.165, 1.54) is 22.9 Å². The molecule has 1 aromatic rings. The number of aromatic nitrogens is 1. The Labute approximate surface area is 88.9 Å². The lowest BCUT2D eigenvalue weighted by molar-refractivity contribution is 0.317. The number of aryl methyl sites for hydroxylation is 1. The van der Waals surface area contributed by atoms with Crippen LogP contribution in [0.2, 0.25) is 0 Å². The molecule has 2 N–H and O–H groups in total. The molecule has 2 rings (SSSR count). The van der Waals surface area contributed by atoms with Gasteiger partial charge in [0.1, 0.15) is 5.01 Å². The Balaban J connectivity index is 1.87. The van der Waals surface area contributed by atoms with Crippen LogP contribution in [0.25, 0.3) is 0 Å². The molecule has 1 fully saturated rings. The summed E-state index contributed by atoms with van der Waals surface area (Å²) >= 11 is 1.80. The molecule has 1 unspecified atom stereocenters. The van der Waals surface area contributed by atoms with Crippen molar-refractivity contribution in [1.29, 1.82) is 0 Å². The summed E-state index contributed by atoms with van der Waals surface area (Å²) in [6.07, 6.45) is 3.21. The maximum Gasteiger partial charge on any atom is 0.107 e. The molecule has 0 amide bonds. The molecule has 4 heteroatoms. The van der Waals surface area contributed by atoms with Gasteiger partial charge in [-0.15, -0.1) is 11.3 Å². The molecule has 14 heavy (non-hydrogen) atoms. The van der Waals surface area contributed by atoms with E-state index in [1.54, 1.807) is 11.3 Å². The van der Waals surface area contributed by atoms with E-state index in [0.29, 0.717) is 5.92 Å². The third-order valence-corrected chi connectivity index (χ3v) is 3.63. The van der Waals surface area contributed by atoms with Crippen LogP contribution in [-0.4, -0.2) is 29.5 Å². The quantitative estimate of drug-likeness (QED) is 0.817. The molecule has 3 nitrogen and oxygen atoms in total. The highest BCUT2D eigenvalue weighted by atomic mass is 32.1. The molecule has 0 spiro atoms. The van der Waals surface area contributed by atoms with Crippen molar-refractivity contribution in [2.24, 2.45) is 11.7 Å². The lowest BCUT2D eigenvalue weighted by atomic mass is 10.1. The third kappa shape index (κ3) is 2.32. The summed E-state index contributed by atoms with van der Waals surface area (Å²) in [4.78, 5) is 8.13. The van der Waals surface area contributed by atoms with Crippen molar-refractivity contribution in [3.8, 4) is 0 Å². The van der Waals surface area contributed by atoms with Gasteiger partial charge in [-0.05, 0) is 32.4 Å². The fourth-order valence-electron chi connectivity index (χ4n) is 1.91. The van der Waals surface area contributed by atoms with Crippen molar-refractivity contribution >= 4 is 11.3 Å². The van der Waals surface area contributed by atoms with Crippen LogP contribution in [0.1, 0.15) is 16.3 Å². The van der Waals surface area contributed by atoms with Crippen LogP contribution in [0.3, 0.4) is 0 Å². The second kappa shape index (κ2) is 4.38. The Morgan fingerprint density at radius 1 is 1.71 bits per heavy atom. The number of hydrogen-bond donors (Lipinski definition) is 1. The van der Waals surface area contributed by atoms with Crippen LogP contribution in [0.15, 0.2) is 6.20 Å². The van der Waals surface area contributed by atoms with Crippen LogP contribution < -0.4 is 5.73 Å². The molecule has 0 saturated carbocycles. The van der Waals surface area contributed by atoms with Gasteiger partial charge in [0, 0.05) is 17.6 Å². The minimum atomic E-state index is 0.705. The van der Waals surface area contributed by atoms with Gasteiger partial charge in [-0.25, -0.2) is 4.98 Å². The van der Waals surface area contributed by atoms with Gasteiger partial charge in [0.15, 0.2) is 0 Å². The summed E-state index contributed by atoms with van der Waals surface area (Å²) in [5, 5.41) is 1.24. The zero-order valence-corrected chi connectivity index (χ0v) is 9.39. The van der Waals surface area contributed by atoms with E-state index in [9.17, 15) is 0 Å². The molecule has 0 bridgehead atoms. The third-order valence-electron chi connectivity index (χ3n) is 2.73. The topological polar surface area (TPSA) is 42.2 Å². The normalized spacial score (nSPS) is 23.1. The van der Waals surface area contributed by atoms with Crippen LogP contribution in [0, 0.1) is 12.8 Å². The first kappa shape index (κ1) is 10.1. The Morgan fingerprint density at radius 3 is 3.14 bits per heavy atom. The van der Waals surface area contributed by atoms with Gasteiger partial charge in [0.05, 0.1) is 6.54 Å². The Morgan fingerprint density at radius 2 is 2.57 bits per heavy atom. The molecule has 2 heterocycles. The molecule has 1 aliphatic heterocycles. The van der Waals surface area contributed by atoms with Crippen molar-refractivity contribution in [2.75, 3.05) is 19.6 Å². The molecular weight excluding hydrogens is 194 g/mol. The standard InChI is InChI=1S/C10H17N3S/c1-8-5-12-10(14-8)7-13-3-2-9(4-11)6-13/h5,9H,2-4,6-7,11H2,1H3. The maximum absolute atomic E-state index is 5.65. The molecule has 1 atom stereocenters. The van der Waals surface area contributed by atoms with Gasteiger partial charge in [0.2, 0.25) is 0 Å². The molecule has 0 radical (unpaired) electrons. The highest BCUT2D eigenvalue weighted by Crippen LogP contribution is 2.19. The molecule has 1 aliphatic rings. The average molecular weight is 211 g/mol. The summed E-state index contributed by atoms with van der Waals surface area (Å²) < 4.78 is 0. The maximum atomic E-state index is 5.65. The highest BCUT2D eigenvalue weighted by molar-refractivity contribution is 7.11. The minimum Gasteiger partial charge on any atom is -0.330 e. The summed E-state index contributed by atoms with van der Waals surface area (Å²) in [6.45, 7) is 6.27. The van der Waals surface area contributed by atoms with Gasteiger partial charge < -0.3 is 5.73 Å². The predicted octanol–water partition coefficient (Wildman–Crippen LogP) is 1.23. The monoisotopic (exact) mass is 211 g/mol. The van der Waals surface area contributed by atoms with Gasteiger partial charge in [-0.1, -0.05) is 0 Å². The predicted molar refractivity (Wildman–Crippen MR) is 59.3 cm³/mol. The zero-order valence-electron chi connectivity index (χ0n) is 8.57. The van der Waals surface area contributed by atoms with Gasteiger partial charge in [-0.3, -0.25) is 4.90 Å².